The molecule has 2 fully saturated rings. The van der Waals surface area contributed by atoms with Crippen LogP contribution in [0.1, 0.15) is 64.4 Å². The quantitative estimate of drug-likeness (QED) is 0.756. The van der Waals surface area contributed by atoms with Crippen LogP contribution in [0.4, 0.5) is 10.1 Å². The highest BCUT2D eigenvalue weighted by Crippen LogP contribution is 2.47. The van der Waals surface area contributed by atoms with Gasteiger partial charge in [0, 0.05) is 50.1 Å². The van der Waals surface area contributed by atoms with Crippen LogP contribution >= 0.6 is 0 Å². The minimum Gasteiger partial charge on any atom is -0.343 e. The second-order valence-corrected chi connectivity index (χ2v) is 9.30. The van der Waals surface area contributed by atoms with Crippen molar-refractivity contribution in [2.75, 3.05) is 37.6 Å². The number of halogens is 1. The van der Waals surface area contributed by atoms with E-state index in [1.165, 1.54) is 6.07 Å². The van der Waals surface area contributed by atoms with Gasteiger partial charge in [-0.2, -0.15) is 0 Å². The first-order chi connectivity index (χ1) is 14.4. The summed E-state index contributed by atoms with van der Waals surface area (Å²) in [6.07, 6.45) is 6.69. The van der Waals surface area contributed by atoms with Gasteiger partial charge in [0.2, 0.25) is 11.8 Å². The fourth-order valence-corrected chi connectivity index (χ4v) is 5.73. The number of benzene rings is 1. The Kier molecular flexibility index (Phi) is 6.14. The molecular formula is C24H34FN3O2. The predicted octanol–water partition coefficient (Wildman–Crippen LogP) is 3.71. The third kappa shape index (κ3) is 3.98. The molecule has 1 atom stereocenters. The number of hydrogen-bond acceptors (Lipinski definition) is 3. The van der Waals surface area contributed by atoms with E-state index < -0.39 is 0 Å². The summed E-state index contributed by atoms with van der Waals surface area (Å²) in [5.41, 5.74) is 1.76. The van der Waals surface area contributed by atoms with Gasteiger partial charge in [-0.3, -0.25) is 9.59 Å². The van der Waals surface area contributed by atoms with Gasteiger partial charge in [0.15, 0.2) is 0 Å². The number of hydrogen-bond donors (Lipinski definition) is 0. The molecule has 0 saturated carbocycles. The number of anilines is 1. The van der Waals surface area contributed by atoms with Gasteiger partial charge in [0.05, 0.1) is 0 Å². The van der Waals surface area contributed by atoms with Crippen LogP contribution < -0.4 is 4.90 Å². The Balaban J connectivity index is 1.42. The maximum Gasteiger partial charge on any atom is 0.223 e. The van der Waals surface area contributed by atoms with Crippen LogP contribution in [0, 0.1) is 5.82 Å². The van der Waals surface area contributed by atoms with E-state index in [2.05, 4.69) is 16.7 Å². The summed E-state index contributed by atoms with van der Waals surface area (Å²) in [5.74, 6) is 0.106. The summed E-state index contributed by atoms with van der Waals surface area (Å²) in [4.78, 5) is 30.9. The number of piperidine rings is 1. The summed E-state index contributed by atoms with van der Waals surface area (Å²) in [5, 5.41) is 0. The van der Waals surface area contributed by atoms with Crippen molar-refractivity contribution in [1.29, 1.82) is 0 Å². The number of likely N-dealkylation sites (tertiary alicyclic amines) is 2. The molecule has 1 aromatic rings. The van der Waals surface area contributed by atoms with Gasteiger partial charge in [0.1, 0.15) is 5.82 Å². The Labute approximate surface area is 179 Å². The Morgan fingerprint density at radius 3 is 2.60 bits per heavy atom. The molecule has 6 heteroatoms. The number of carbonyl (C=O) groups excluding carboxylic acids is 2. The molecule has 0 N–H and O–H groups in total. The number of rotatable bonds is 3. The number of nitrogens with zero attached hydrogens (tertiary/aromatic N) is 3. The minimum absolute atomic E-state index is 0.0303. The second-order valence-electron chi connectivity index (χ2n) is 9.30. The van der Waals surface area contributed by atoms with E-state index in [9.17, 15) is 14.0 Å². The van der Waals surface area contributed by atoms with Gasteiger partial charge in [-0.1, -0.05) is 6.92 Å². The molecule has 3 aliphatic rings. The van der Waals surface area contributed by atoms with Crippen LogP contribution in [-0.2, 0) is 15.0 Å². The lowest BCUT2D eigenvalue weighted by Crippen LogP contribution is -2.49. The molecule has 1 aromatic carbocycles. The van der Waals surface area contributed by atoms with Crippen molar-refractivity contribution in [2.24, 2.45) is 0 Å². The van der Waals surface area contributed by atoms with Crippen LogP contribution in [0.3, 0.4) is 0 Å². The van der Waals surface area contributed by atoms with Crippen molar-refractivity contribution in [1.82, 2.24) is 9.80 Å². The minimum atomic E-state index is -0.221. The van der Waals surface area contributed by atoms with Gasteiger partial charge in [-0.15, -0.1) is 0 Å². The van der Waals surface area contributed by atoms with Gasteiger partial charge >= 0.3 is 0 Å². The zero-order chi connectivity index (χ0) is 21.3. The smallest absolute Gasteiger partial charge is 0.223 e. The van der Waals surface area contributed by atoms with Crippen LogP contribution in [0.2, 0.25) is 0 Å². The Morgan fingerprint density at radius 2 is 1.90 bits per heavy atom. The Hall–Kier alpha value is -1.95. The third-order valence-corrected chi connectivity index (χ3v) is 7.45. The molecule has 2 saturated heterocycles. The first-order valence-electron chi connectivity index (χ1n) is 11.5. The molecule has 3 heterocycles. The van der Waals surface area contributed by atoms with Gasteiger partial charge in [-0.25, -0.2) is 4.39 Å². The summed E-state index contributed by atoms with van der Waals surface area (Å²) in [7, 11) is 0. The maximum atomic E-state index is 14.1. The van der Waals surface area contributed by atoms with E-state index in [0.29, 0.717) is 24.9 Å². The van der Waals surface area contributed by atoms with Gasteiger partial charge in [0.25, 0.3) is 0 Å². The average molecular weight is 416 g/mol. The monoisotopic (exact) mass is 415 g/mol. The van der Waals surface area contributed by atoms with E-state index in [1.54, 1.807) is 19.1 Å². The van der Waals surface area contributed by atoms with Crippen LogP contribution in [0.25, 0.3) is 0 Å². The topological polar surface area (TPSA) is 43.9 Å². The zero-order valence-electron chi connectivity index (χ0n) is 18.3. The molecule has 3 aliphatic heterocycles. The van der Waals surface area contributed by atoms with Crippen molar-refractivity contribution < 1.29 is 14.0 Å². The molecule has 30 heavy (non-hydrogen) atoms. The Bertz CT molecular complexity index is 804. The van der Waals surface area contributed by atoms with E-state index in [1.807, 2.05) is 4.90 Å². The standard InChI is InChI=1S/C24H34FN3O2/c1-3-5-23(30)27-12-4-6-20(9-13-27)26-14-10-24(11-15-26)17-28(18(2)29)22-8-7-19(25)16-21(22)24/h7-8,16,20H,3-6,9-15,17H2,1-2H3. The summed E-state index contributed by atoms with van der Waals surface area (Å²) >= 11 is 0. The normalized spacial score (nSPS) is 24.0. The highest BCUT2D eigenvalue weighted by molar-refractivity contribution is 5.94. The van der Waals surface area contributed by atoms with Crippen LogP contribution in [0.15, 0.2) is 18.2 Å². The van der Waals surface area contributed by atoms with Crippen molar-refractivity contribution in [3.05, 3.63) is 29.6 Å². The van der Waals surface area contributed by atoms with Crippen molar-refractivity contribution in [3.8, 4) is 0 Å². The molecule has 164 valence electrons. The molecule has 0 bridgehead atoms. The first kappa shape index (κ1) is 21.3. The number of amides is 2. The molecule has 5 nitrogen and oxygen atoms in total. The largest absolute Gasteiger partial charge is 0.343 e. The zero-order valence-corrected chi connectivity index (χ0v) is 18.3. The van der Waals surface area contributed by atoms with Crippen LogP contribution in [-0.4, -0.2) is 60.4 Å². The molecule has 1 unspecified atom stereocenters. The molecule has 0 aliphatic carbocycles. The van der Waals surface area contributed by atoms with Crippen molar-refractivity contribution >= 4 is 17.5 Å². The SMILES string of the molecule is CCCC(=O)N1CCCC(N2CCC3(CC2)CN(C(C)=O)c2ccc(F)cc23)CC1. The van der Waals surface area contributed by atoms with Gasteiger partial charge in [-0.05, 0) is 75.4 Å². The van der Waals surface area contributed by atoms with E-state index in [-0.39, 0.29) is 17.1 Å². The van der Waals surface area contributed by atoms with E-state index in [0.717, 1.165) is 76.0 Å². The maximum absolute atomic E-state index is 14.1. The average Bonchev–Trinajstić information content (AvgIpc) is 2.88. The van der Waals surface area contributed by atoms with Crippen molar-refractivity contribution in [3.63, 3.8) is 0 Å². The molecule has 0 aromatic heterocycles. The molecule has 4 rings (SSSR count). The van der Waals surface area contributed by atoms with E-state index >= 15 is 0 Å². The lowest BCUT2D eigenvalue weighted by Gasteiger charge is -2.43. The van der Waals surface area contributed by atoms with E-state index in [4.69, 9.17) is 0 Å². The number of carbonyl (C=O) groups is 2. The third-order valence-electron chi connectivity index (χ3n) is 7.45. The highest BCUT2D eigenvalue weighted by Gasteiger charge is 2.46. The molecular weight excluding hydrogens is 381 g/mol. The fourth-order valence-electron chi connectivity index (χ4n) is 5.73. The lowest BCUT2D eigenvalue weighted by atomic mass is 9.74. The second kappa shape index (κ2) is 8.66. The summed E-state index contributed by atoms with van der Waals surface area (Å²) in [6.45, 7) is 7.99. The fraction of sp³-hybridized carbons (Fsp3) is 0.667. The van der Waals surface area contributed by atoms with Gasteiger partial charge < -0.3 is 14.7 Å². The Morgan fingerprint density at radius 1 is 1.13 bits per heavy atom. The lowest BCUT2D eigenvalue weighted by molar-refractivity contribution is -0.131. The first-order valence-corrected chi connectivity index (χ1v) is 11.5. The highest BCUT2D eigenvalue weighted by atomic mass is 19.1. The summed E-state index contributed by atoms with van der Waals surface area (Å²) < 4.78 is 14.1. The molecule has 2 amide bonds. The molecule has 1 spiro atoms. The predicted molar refractivity (Wildman–Crippen MR) is 116 cm³/mol. The summed E-state index contributed by atoms with van der Waals surface area (Å²) in [6, 6.07) is 5.39. The van der Waals surface area contributed by atoms with Crippen LogP contribution in [0.5, 0.6) is 0 Å². The van der Waals surface area contributed by atoms with Crippen molar-refractivity contribution in [2.45, 2.75) is 70.3 Å². The molecule has 0 radical (unpaired) electrons. The number of fused-ring (bicyclic) bond motifs is 2.